The summed E-state index contributed by atoms with van der Waals surface area (Å²) >= 11 is 0. The molecule has 4 aromatic rings. The highest BCUT2D eigenvalue weighted by Gasteiger charge is 2.13. The van der Waals surface area contributed by atoms with E-state index < -0.39 is 0 Å². The van der Waals surface area contributed by atoms with Crippen molar-refractivity contribution >= 4 is 40.9 Å². The minimum Gasteiger partial charge on any atom is -0.461 e. The molecule has 10 heteroatoms. The van der Waals surface area contributed by atoms with Crippen LogP contribution in [0.1, 0.15) is 40.7 Å². The van der Waals surface area contributed by atoms with Gasteiger partial charge in [-0.3, -0.25) is 4.79 Å². The van der Waals surface area contributed by atoms with Crippen LogP contribution in [0.3, 0.4) is 0 Å². The molecule has 0 saturated heterocycles. The molecule has 4 rings (SSSR count). The number of rotatable bonds is 10. The number of esters is 1. The van der Waals surface area contributed by atoms with Crippen LogP contribution in [-0.2, 0) is 22.7 Å². The molecule has 200 valence electrons. The summed E-state index contributed by atoms with van der Waals surface area (Å²) in [5.41, 5.74) is 5.68. The molecular weight excluding hydrogens is 506 g/mol. The van der Waals surface area contributed by atoms with Gasteiger partial charge in [-0.2, -0.15) is 15.5 Å². The summed E-state index contributed by atoms with van der Waals surface area (Å²) in [6.45, 7) is 5.72. The molecule has 0 radical (unpaired) electrons. The number of nitrogens with zero attached hydrogens (tertiary/aromatic N) is 4. The third kappa shape index (κ3) is 7.24. The summed E-state index contributed by atoms with van der Waals surface area (Å²) in [4.78, 5) is 20.3. The van der Waals surface area contributed by atoms with Crippen LogP contribution in [0.25, 0.3) is 6.08 Å². The smallest absolute Gasteiger partial charge is 0.303 e. The van der Waals surface area contributed by atoms with Gasteiger partial charge in [0.05, 0.1) is 36.1 Å². The lowest BCUT2D eigenvalue weighted by Crippen LogP contribution is -2.08. The summed E-state index contributed by atoms with van der Waals surface area (Å²) in [5, 5.41) is 27.8. The van der Waals surface area contributed by atoms with Gasteiger partial charge in [-0.1, -0.05) is 0 Å². The van der Waals surface area contributed by atoms with Crippen LogP contribution in [0.5, 0.6) is 0 Å². The molecule has 2 aromatic heterocycles. The van der Waals surface area contributed by atoms with Crippen LogP contribution >= 0.6 is 0 Å². The molecule has 10 nitrogen and oxygen atoms in total. The standard InChI is InChI=1S/C30H27N7O3/c1-19-13-23(5-4-12-31)14-20(2)28(19)36-29-27(33-16-25-10-11-26(40-25)18-39-21(3)38)17-34-30(37-29)35-24-8-6-22(15-32)7-9-24/h4-11,13-14,17,33H,16,18H2,1-3H3,(H2,34,35,36,37)/b5-4+. The molecule has 0 spiro atoms. The minimum atomic E-state index is -0.377. The van der Waals surface area contributed by atoms with Gasteiger partial charge in [0, 0.05) is 24.4 Å². The minimum absolute atomic E-state index is 0.0685. The van der Waals surface area contributed by atoms with Crippen molar-refractivity contribution in [2.24, 2.45) is 0 Å². The number of aromatic nitrogens is 2. The average molecular weight is 534 g/mol. The number of carbonyl (C=O) groups is 1. The Morgan fingerprint density at radius 2 is 1.77 bits per heavy atom. The Morgan fingerprint density at radius 1 is 1.05 bits per heavy atom. The summed E-state index contributed by atoms with van der Waals surface area (Å²) in [7, 11) is 0. The first-order valence-electron chi connectivity index (χ1n) is 12.4. The van der Waals surface area contributed by atoms with Crippen LogP contribution in [-0.4, -0.2) is 15.9 Å². The van der Waals surface area contributed by atoms with Gasteiger partial charge >= 0.3 is 5.97 Å². The summed E-state index contributed by atoms with van der Waals surface area (Å²) in [6.07, 6.45) is 4.88. The van der Waals surface area contributed by atoms with Crippen molar-refractivity contribution in [1.29, 1.82) is 10.5 Å². The summed E-state index contributed by atoms with van der Waals surface area (Å²) < 4.78 is 10.7. The second-order valence-electron chi connectivity index (χ2n) is 8.89. The third-order valence-electron chi connectivity index (χ3n) is 5.80. The van der Waals surface area contributed by atoms with E-state index in [1.54, 1.807) is 42.6 Å². The largest absolute Gasteiger partial charge is 0.461 e. The van der Waals surface area contributed by atoms with Crippen LogP contribution in [0.4, 0.5) is 28.8 Å². The molecule has 2 heterocycles. The van der Waals surface area contributed by atoms with E-state index in [1.807, 2.05) is 38.1 Å². The SMILES string of the molecule is CC(=O)OCc1ccc(CNc2cnc(Nc3ccc(C#N)cc3)nc2Nc2c(C)cc(/C=C/C#N)cc2C)o1. The van der Waals surface area contributed by atoms with Gasteiger partial charge in [0.2, 0.25) is 5.95 Å². The van der Waals surface area contributed by atoms with Crippen molar-refractivity contribution in [2.75, 3.05) is 16.0 Å². The first-order valence-corrected chi connectivity index (χ1v) is 12.4. The lowest BCUT2D eigenvalue weighted by atomic mass is 10.0. The Labute approximate surface area is 232 Å². The monoisotopic (exact) mass is 533 g/mol. The van der Waals surface area contributed by atoms with Crippen LogP contribution in [0, 0.1) is 36.5 Å². The number of anilines is 5. The number of hydrogen-bond acceptors (Lipinski definition) is 10. The Kier molecular flexibility index (Phi) is 8.75. The highest BCUT2D eigenvalue weighted by Crippen LogP contribution is 2.31. The number of allylic oxidation sites excluding steroid dienone is 1. The topological polar surface area (TPSA) is 149 Å². The maximum Gasteiger partial charge on any atom is 0.303 e. The lowest BCUT2D eigenvalue weighted by molar-refractivity contribution is -0.142. The van der Waals surface area contributed by atoms with Gasteiger partial charge in [-0.05, 0) is 85.1 Å². The molecule has 0 fully saturated rings. The maximum absolute atomic E-state index is 11.1. The van der Waals surface area contributed by atoms with Crippen molar-refractivity contribution in [1.82, 2.24) is 9.97 Å². The number of ether oxygens (including phenoxy) is 1. The number of furan rings is 1. The van der Waals surface area contributed by atoms with E-state index in [4.69, 9.17) is 24.7 Å². The number of aryl methyl sites for hydroxylation is 2. The number of nitriles is 2. The molecule has 0 saturated carbocycles. The molecule has 40 heavy (non-hydrogen) atoms. The van der Waals surface area contributed by atoms with Gasteiger partial charge in [0.1, 0.15) is 18.1 Å². The Balaban J connectivity index is 1.60. The predicted molar refractivity (Wildman–Crippen MR) is 152 cm³/mol. The van der Waals surface area contributed by atoms with Crippen molar-refractivity contribution in [2.45, 2.75) is 33.9 Å². The highest BCUT2D eigenvalue weighted by molar-refractivity contribution is 5.76. The van der Waals surface area contributed by atoms with Crippen molar-refractivity contribution in [3.63, 3.8) is 0 Å². The molecule has 3 N–H and O–H groups in total. The fourth-order valence-corrected chi connectivity index (χ4v) is 3.92. The number of hydrogen-bond donors (Lipinski definition) is 3. The quantitative estimate of drug-likeness (QED) is 0.157. The molecular formula is C30H27N7O3. The second-order valence-corrected chi connectivity index (χ2v) is 8.89. The molecule has 0 bridgehead atoms. The molecule has 0 aliphatic heterocycles. The molecule has 0 unspecified atom stereocenters. The zero-order chi connectivity index (χ0) is 28.5. The zero-order valence-corrected chi connectivity index (χ0v) is 22.3. The van der Waals surface area contributed by atoms with Crippen molar-refractivity contribution < 1.29 is 13.9 Å². The summed E-state index contributed by atoms with van der Waals surface area (Å²) in [6, 6.07) is 18.7. The molecule has 0 aliphatic carbocycles. The highest BCUT2D eigenvalue weighted by atomic mass is 16.5. The average Bonchev–Trinajstić information content (AvgIpc) is 3.40. The van der Waals surface area contributed by atoms with Crippen molar-refractivity contribution in [3.05, 3.63) is 94.6 Å². The second kappa shape index (κ2) is 12.8. The maximum atomic E-state index is 11.1. The number of benzene rings is 2. The number of carbonyl (C=O) groups excluding carboxylic acids is 1. The van der Waals surface area contributed by atoms with E-state index in [-0.39, 0.29) is 12.6 Å². The van der Waals surface area contributed by atoms with Gasteiger partial charge in [-0.15, -0.1) is 0 Å². The first kappa shape index (κ1) is 27.4. The van der Waals surface area contributed by atoms with Gasteiger partial charge < -0.3 is 25.1 Å². The van der Waals surface area contributed by atoms with Crippen LogP contribution in [0.2, 0.25) is 0 Å². The van der Waals surface area contributed by atoms with Crippen LogP contribution < -0.4 is 16.0 Å². The van der Waals surface area contributed by atoms with E-state index >= 15 is 0 Å². The molecule has 0 aliphatic rings. The molecule has 0 amide bonds. The van der Waals surface area contributed by atoms with Crippen LogP contribution in [0.15, 0.2) is 65.2 Å². The lowest BCUT2D eigenvalue weighted by Gasteiger charge is -2.17. The molecule has 0 atom stereocenters. The zero-order valence-electron chi connectivity index (χ0n) is 22.3. The number of nitrogens with one attached hydrogen (secondary N) is 3. The fraction of sp³-hybridized carbons (Fsp3) is 0.167. The van der Waals surface area contributed by atoms with Gasteiger partial charge in [-0.25, -0.2) is 4.98 Å². The van der Waals surface area contributed by atoms with Crippen molar-refractivity contribution in [3.8, 4) is 12.1 Å². The normalized spacial score (nSPS) is 10.5. The Bertz CT molecular complexity index is 1600. The van der Waals surface area contributed by atoms with E-state index in [9.17, 15) is 4.79 Å². The van der Waals surface area contributed by atoms with E-state index in [0.29, 0.717) is 41.1 Å². The molecule has 2 aromatic carbocycles. The Hall–Kier alpha value is -5.61. The van der Waals surface area contributed by atoms with E-state index in [1.165, 1.54) is 13.0 Å². The summed E-state index contributed by atoms with van der Waals surface area (Å²) in [5.74, 6) is 1.71. The first-order chi connectivity index (χ1) is 19.3. The fourth-order valence-electron chi connectivity index (χ4n) is 3.92. The van der Waals surface area contributed by atoms with Gasteiger partial charge in [0.25, 0.3) is 0 Å². The van der Waals surface area contributed by atoms with Gasteiger partial charge in [0.15, 0.2) is 5.82 Å². The Morgan fingerprint density at radius 3 is 2.45 bits per heavy atom. The van der Waals surface area contributed by atoms with E-state index in [2.05, 4.69) is 27.0 Å². The van der Waals surface area contributed by atoms with E-state index in [0.717, 1.165) is 28.1 Å². The third-order valence-corrected chi connectivity index (χ3v) is 5.80. The predicted octanol–water partition coefficient (Wildman–Crippen LogP) is 6.26.